The topological polar surface area (TPSA) is 181 Å². The second-order valence-electron chi connectivity index (χ2n) is 10.6. The Morgan fingerprint density at radius 1 is 1.18 bits per heavy atom. The van der Waals surface area contributed by atoms with Crippen molar-refractivity contribution in [1.82, 2.24) is 35.6 Å². The lowest BCUT2D eigenvalue weighted by Gasteiger charge is -2.46. The molecule has 3 amide bonds. The molecule has 236 valence electrons. The molecule has 0 bridgehead atoms. The molecule has 4 rings (SSSR count). The van der Waals surface area contributed by atoms with Crippen molar-refractivity contribution in [2.24, 2.45) is 5.92 Å². The predicted molar refractivity (Wildman–Crippen MR) is 156 cm³/mol. The van der Waals surface area contributed by atoms with Gasteiger partial charge in [0, 0.05) is 51.8 Å². The first kappa shape index (κ1) is 32.5. The van der Waals surface area contributed by atoms with Crippen molar-refractivity contribution in [3.8, 4) is 16.3 Å². The highest BCUT2D eigenvalue weighted by Crippen LogP contribution is 2.35. The van der Waals surface area contributed by atoms with E-state index in [0.717, 1.165) is 28.4 Å². The smallest absolute Gasteiger partial charge is 0.407 e. The number of benzene rings is 1. The highest BCUT2D eigenvalue weighted by Gasteiger charge is 2.42. The summed E-state index contributed by atoms with van der Waals surface area (Å²) < 4.78 is 27.3. The van der Waals surface area contributed by atoms with Crippen LogP contribution in [0.3, 0.4) is 0 Å². The van der Waals surface area contributed by atoms with E-state index >= 15 is 0 Å². The van der Waals surface area contributed by atoms with Gasteiger partial charge in [-0.3, -0.25) is 19.7 Å². The zero-order chi connectivity index (χ0) is 32.2. The van der Waals surface area contributed by atoms with Crippen LogP contribution in [0.4, 0.5) is 13.6 Å². The molecular weight excluding hydrogens is 600 g/mol. The van der Waals surface area contributed by atoms with Gasteiger partial charge in [0.1, 0.15) is 16.6 Å². The minimum absolute atomic E-state index is 0.0196. The summed E-state index contributed by atoms with van der Waals surface area (Å²) in [5.41, 5.74) is -1.86. The summed E-state index contributed by atoms with van der Waals surface area (Å²) in [5, 5.41) is 34.1. The number of halogens is 2. The molecule has 1 saturated carbocycles. The minimum Gasteiger partial charge on any atom is -0.503 e. The number of amides is 3. The molecule has 3 aromatic rings. The van der Waals surface area contributed by atoms with E-state index in [9.17, 15) is 33.1 Å². The number of hydrogen-bond acceptors (Lipinski definition) is 9. The van der Waals surface area contributed by atoms with Crippen LogP contribution in [0.15, 0.2) is 29.2 Å². The number of carbonyl (C=O) groups is 3. The van der Waals surface area contributed by atoms with Gasteiger partial charge in [-0.2, -0.15) is 0 Å². The number of aromatic nitrogens is 3. The second kappa shape index (κ2) is 13.5. The Morgan fingerprint density at radius 2 is 1.89 bits per heavy atom. The molecule has 1 aromatic carbocycles. The van der Waals surface area contributed by atoms with Gasteiger partial charge in [-0.1, -0.05) is 17.4 Å². The number of H-pyrrole nitrogens is 1. The van der Waals surface area contributed by atoms with Gasteiger partial charge < -0.3 is 30.3 Å². The van der Waals surface area contributed by atoms with E-state index in [-0.39, 0.29) is 53.2 Å². The molecular formula is C28H33F2N7O6S. The lowest BCUT2D eigenvalue weighted by atomic mass is 9.80. The van der Waals surface area contributed by atoms with Gasteiger partial charge >= 0.3 is 6.09 Å². The molecule has 1 aliphatic carbocycles. The number of carbonyl (C=O) groups excluding carboxylic acids is 2. The summed E-state index contributed by atoms with van der Waals surface area (Å²) in [4.78, 5) is 55.3. The molecule has 1 aliphatic rings. The molecule has 0 aliphatic heterocycles. The second-order valence-corrected chi connectivity index (χ2v) is 11.6. The van der Waals surface area contributed by atoms with Crippen LogP contribution >= 0.6 is 11.3 Å². The number of aromatic amines is 1. The van der Waals surface area contributed by atoms with Crippen LogP contribution in [0.5, 0.6) is 5.75 Å². The maximum Gasteiger partial charge on any atom is 0.407 e. The SMILES string of the molecule is CNC1(N(C)C(=O)c2[nH]cc(-c3nnc(Cc4ccc(F)cc4F)s3)c(=O)c2O)CCC(C(=O)NCCN(C)C(=O)O)CC1. The van der Waals surface area contributed by atoms with E-state index in [4.69, 9.17) is 5.11 Å². The Balaban J connectivity index is 1.43. The Labute approximate surface area is 254 Å². The van der Waals surface area contributed by atoms with Crippen LogP contribution in [0.1, 0.15) is 46.7 Å². The lowest BCUT2D eigenvalue weighted by molar-refractivity contribution is -0.127. The van der Waals surface area contributed by atoms with Crippen molar-refractivity contribution in [3.05, 3.63) is 62.5 Å². The van der Waals surface area contributed by atoms with E-state index in [1.807, 2.05) is 0 Å². The molecule has 0 saturated heterocycles. The van der Waals surface area contributed by atoms with Crippen molar-refractivity contribution in [3.63, 3.8) is 0 Å². The van der Waals surface area contributed by atoms with Gasteiger partial charge in [-0.15, -0.1) is 10.2 Å². The number of nitrogens with one attached hydrogen (secondary N) is 3. The fourth-order valence-corrected chi connectivity index (χ4v) is 6.04. The molecule has 0 unspecified atom stereocenters. The Morgan fingerprint density at radius 3 is 2.52 bits per heavy atom. The molecule has 44 heavy (non-hydrogen) atoms. The van der Waals surface area contributed by atoms with E-state index < -0.39 is 40.5 Å². The van der Waals surface area contributed by atoms with Gasteiger partial charge in [-0.05, 0) is 44.4 Å². The maximum atomic E-state index is 14.1. The Kier molecular flexibility index (Phi) is 9.94. The average Bonchev–Trinajstić information content (AvgIpc) is 3.47. The fourth-order valence-electron chi connectivity index (χ4n) is 5.16. The summed E-state index contributed by atoms with van der Waals surface area (Å²) in [5.74, 6) is -3.40. The molecule has 5 N–H and O–H groups in total. The van der Waals surface area contributed by atoms with Crippen LogP contribution in [0, 0.1) is 17.6 Å². The van der Waals surface area contributed by atoms with Gasteiger partial charge in [0.2, 0.25) is 11.3 Å². The molecule has 1 fully saturated rings. The molecule has 0 spiro atoms. The molecule has 16 heteroatoms. The standard InChI is InChI=1S/C28H33F2N7O6S/c1-31-28(8-6-15(7-9-28)24(40)32-10-11-36(2)27(42)43)37(3)26(41)21-23(39)22(38)18(14-33-21)25-35-34-20(44-25)12-16-4-5-17(29)13-19(16)30/h4-5,13-15,31,39H,6-12H2,1-3H3,(H,32,40)(H,33,38)(H,42,43). The van der Waals surface area contributed by atoms with Crippen molar-refractivity contribution >= 4 is 29.2 Å². The molecule has 0 radical (unpaired) electrons. The molecule has 0 atom stereocenters. The van der Waals surface area contributed by atoms with Crippen molar-refractivity contribution in [1.29, 1.82) is 0 Å². The van der Waals surface area contributed by atoms with Crippen LogP contribution in [0.2, 0.25) is 0 Å². The van der Waals surface area contributed by atoms with E-state index in [0.29, 0.717) is 30.7 Å². The highest BCUT2D eigenvalue weighted by atomic mass is 32.1. The van der Waals surface area contributed by atoms with Crippen molar-refractivity contribution in [2.45, 2.75) is 37.8 Å². The number of nitrogens with zero attached hydrogens (tertiary/aromatic N) is 4. The summed E-state index contributed by atoms with van der Waals surface area (Å²) in [7, 11) is 4.63. The first-order valence-corrected chi connectivity index (χ1v) is 14.6. The number of carboxylic acid groups (broad SMARTS) is 1. The zero-order valence-corrected chi connectivity index (χ0v) is 25.1. The number of hydrogen-bond donors (Lipinski definition) is 5. The third-order valence-electron chi connectivity index (χ3n) is 7.99. The van der Waals surface area contributed by atoms with Gasteiger partial charge in [0.15, 0.2) is 16.5 Å². The fraction of sp³-hybridized carbons (Fsp3) is 0.429. The number of pyridine rings is 1. The maximum absolute atomic E-state index is 14.1. The minimum atomic E-state index is -1.09. The van der Waals surface area contributed by atoms with Gasteiger partial charge in [0.05, 0.1) is 11.2 Å². The van der Waals surface area contributed by atoms with Crippen LogP contribution in [-0.4, -0.2) is 93.0 Å². The summed E-state index contributed by atoms with van der Waals surface area (Å²) >= 11 is 0.992. The van der Waals surface area contributed by atoms with Crippen molar-refractivity contribution in [2.75, 3.05) is 34.2 Å². The van der Waals surface area contributed by atoms with Crippen LogP contribution in [0.25, 0.3) is 10.6 Å². The lowest BCUT2D eigenvalue weighted by Crippen LogP contribution is -2.60. The quantitative estimate of drug-likeness (QED) is 0.210. The molecule has 2 heterocycles. The van der Waals surface area contributed by atoms with E-state index in [1.165, 1.54) is 31.3 Å². The first-order chi connectivity index (χ1) is 20.9. The number of likely N-dealkylation sites (N-methyl/N-ethyl adjacent to an activating group) is 1. The third-order valence-corrected chi connectivity index (χ3v) is 8.95. The largest absolute Gasteiger partial charge is 0.503 e. The number of rotatable bonds is 10. The zero-order valence-electron chi connectivity index (χ0n) is 24.3. The third kappa shape index (κ3) is 6.86. The summed E-state index contributed by atoms with van der Waals surface area (Å²) in [6.07, 6.45) is 1.89. The van der Waals surface area contributed by atoms with Crippen molar-refractivity contribution < 1.29 is 33.4 Å². The number of aromatic hydroxyl groups is 1. The van der Waals surface area contributed by atoms with Gasteiger partial charge in [-0.25, -0.2) is 13.6 Å². The molecule has 2 aromatic heterocycles. The van der Waals surface area contributed by atoms with Crippen LogP contribution in [-0.2, 0) is 11.2 Å². The highest BCUT2D eigenvalue weighted by molar-refractivity contribution is 7.14. The van der Waals surface area contributed by atoms with E-state index in [2.05, 4.69) is 25.8 Å². The Hall–Kier alpha value is -4.44. The van der Waals surface area contributed by atoms with E-state index in [1.54, 1.807) is 7.05 Å². The normalized spacial score (nSPS) is 18.1. The first-order valence-electron chi connectivity index (χ1n) is 13.8. The average molecular weight is 634 g/mol. The van der Waals surface area contributed by atoms with Crippen LogP contribution < -0.4 is 16.1 Å². The monoisotopic (exact) mass is 633 g/mol. The Bertz CT molecular complexity index is 1610. The molecule has 13 nitrogen and oxygen atoms in total. The summed E-state index contributed by atoms with van der Waals surface area (Å²) in [6, 6.07) is 3.19. The predicted octanol–water partition coefficient (Wildman–Crippen LogP) is 2.37. The summed E-state index contributed by atoms with van der Waals surface area (Å²) in [6.45, 7) is 0.337. The van der Waals surface area contributed by atoms with Gasteiger partial charge in [0.25, 0.3) is 5.91 Å².